The van der Waals surface area contributed by atoms with Gasteiger partial charge >= 0.3 is 16.1 Å². The van der Waals surface area contributed by atoms with Crippen LogP contribution in [-0.4, -0.2) is 63.2 Å². The Balaban J connectivity index is 2.23. The van der Waals surface area contributed by atoms with Crippen molar-refractivity contribution in [2.24, 2.45) is 0 Å². The monoisotopic (exact) mass is 540 g/mol. The zero-order chi connectivity index (χ0) is 26.9. The van der Waals surface area contributed by atoms with E-state index >= 15 is 0 Å². The minimum atomic E-state index is -4.08. The van der Waals surface area contributed by atoms with Crippen LogP contribution in [0.25, 0.3) is 0 Å². The second-order valence-electron chi connectivity index (χ2n) is 9.01. The van der Waals surface area contributed by atoms with Crippen LogP contribution in [0.2, 0.25) is 19.6 Å². The summed E-state index contributed by atoms with van der Waals surface area (Å²) in [6.07, 6.45) is -0.986. The highest BCUT2D eigenvalue weighted by Crippen LogP contribution is 2.31. The minimum absolute atomic E-state index is 0.0317. The van der Waals surface area contributed by atoms with Gasteiger partial charge in [0, 0.05) is 20.6 Å². The van der Waals surface area contributed by atoms with Crippen molar-refractivity contribution >= 4 is 24.5 Å². The maximum absolute atomic E-state index is 12.8. The van der Waals surface area contributed by atoms with Crippen LogP contribution in [0.3, 0.4) is 0 Å². The van der Waals surface area contributed by atoms with Crippen LogP contribution in [0, 0.1) is 6.92 Å². The molecule has 2 aromatic carbocycles. The molecule has 2 aromatic rings. The highest BCUT2D eigenvalue weighted by Gasteiger charge is 2.25. The molecule has 2 N–H and O–H groups in total. The van der Waals surface area contributed by atoms with E-state index in [2.05, 4.69) is 10.6 Å². The predicted octanol–water partition coefficient (Wildman–Crippen LogP) is 3.41. The van der Waals surface area contributed by atoms with Crippen molar-refractivity contribution in [1.29, 1.82) is 0 Å². The van der Waals surface area contributed by atoms with Gasteiger partial charge in [0.2, 0.25) is 0 Å². The van der Waals surface area contributed by atoms with Crippen LogP contribution >= 0.6 is 0 Å². The number of rotatable bonds is 13. The van der Waals surface area contributed by atoms with Gasteiger partial charge in [-0.15, -0.1) is 0 Å². The van der Waals surface area contributed by atoms with Crippen molar-refractivity contribution in [2.45, 2.75) is 50.4 Å². The first kappa shape index (κ1) is 29.6. The lowest BCUT2D eigenvalue weighted by Crippen LogP contribution is -2.49. The van der Waals surface area contributed by atoms with Gasteiger partial charge in [-0.3, -0.25) is 0 Å². The second-order valence-corrected chi connectivity index (χ2v) is 15.0. The van der Waals surface area contributed by atoms with Crippen molar-refractivity contribution in [3.05, 3.63) is 53.6 Å². The molecule has 1 atom stereocenters. The smallest absolute Gasteiger partial charge is 0.339 e. The third-order valence-electron chi connectivity index (χ3n) is 4.90. The van der Waals surface area contributed by atoms with Crippen molar-refractivity contribution in [1.82, 2.24) is 10.6 Å². The van der Waals surface area contributed by atoms with E-state index in [4.69, 9.17) is 22.8 Å². The van der Waals surface area contributed by atoms with Crippen LogP contribution in [0.15, 0.2) is 47.4 Å². The molecule has 0 aromatic heterocycles. The van der Waals surface area contributed by atoms with E-state index in [1.807, 2.05) is 26.6 Å². The summed E-state index contributed by atoms with van der Waals surface area (Å²) < 4.78 is 52.7. The molecule has 0 spiro atoms. The van der Waals surface area contributed by atoms with E-state index in [1.165, 1.54) is 33.5 Å². The Morgan fingerprint density at radius 2 is 1.61 bits per heavy atom. The first-order valence-electron chi connectivity index (χ1n) is 11.3. The number of carbonyl (C=O) groups excluding carboxylic acids is 1. The number of methoxy groups -OCH3 is 3. The van der Waals surface area contributed by atoms with Crippen LogP contribution in [0.1, 0.15) is 11.1 Å². The molecule has 0 radical (unpaired) electrons. The number of hydrogen-bond donors (Lipinski definition) is 2. The topological polar surface area (TPSA) is 121 Å². The molecular weight excluding hydrogens is 504 g/mol. The zero-order valence-corrected chi connectivity index (χ0v) is 23.6. The molecule has 10 nitrogen and oxygen atoms in total. The summed E-state index contributed by atoms with van der Waals surface area (Å²) in [6, 6.07) is 10.8. The Kier molecular flexibility index (Phi) is 10.7. The Hall–Kier alpha value is -2.64. The number of carbonyl (C=O) groups is 1. The van der Waals surface area contributed by atoms with Gasteiger partial charge in [0.05, 0.1) is 13.7 Å². The third kappa shape index (κ3) is 9.43. The Morgan fingerprint density at radius 1 is 0.972 bits per heavy atom. The lowest BCUT2D eigenvalue weighted by atomic mass is 10.1. The van der Waals surface area contributed by atoms with E-state index in [-0.39, 0.29) is 29.4 Å². The molecule has 0 aliphatic rings. The van der Waals surface area contributed by atoms with Gasteiger partial charge in [0.15, 0.2) is 26.1 Å². The number of hydrogen-bond acceptors (Lipinski definition) is 8. The van der Waals surface area contributed by atoms with Gasteiger partial charge in [-0.05, 0) is 56.4 Å². The van der Waals surface area contributed by atoms with Crippen LogP contribution in [0.4, 0.5) is 4.79 Å². The van der Waals surface area contributed by atoms with E-state index in [0.717, 1.165) is 5.56 Å². The molecule has 12 heteroatoms. The number of amides is 2. The van der Waals surface area contributed by atoms with Gasteiger partial charge in [-0.25, -0.2) is 4.79 Å². The maximum Gasteiger partial charge on any atom is 0.339 e. The molecule has 0 aliphatic heterocycles. The van der Waals surface area contributed by atoms with Gasteiger partial charge in [0.25, 0.3) is 0 Å². The minimum Gasteiger partial charge on any atom is -0.493 e. The van der Waals surface area contributed by atoms with E-state index in [0.29, 0.717) is 5.56 Å². The average Bonchev–Trinajstić information content (AvgIpc) is 2.79. The molecule has 0 aliphatic carbocycles. The summed E-state index contributed by atoms with van der Waals surface area (Å²) in [4.78, 5) is 12.5. The molecule has 1 unspecified atom stereocenters. The number of ether oxygens (including phenoxy) is 3. The van der Waals surface area contributed by atoms with Gasteiger partial charge in [-0.1, -0.05) is 23.8 Å². The average molecular weight is 541 g/mol. The number of aryl methyl sites for hydroxylation is 1. The first-order chi connectivity index (χ1) is 16.9. The standard InChI is InChI=1S/C24H36N2O8SSi/c1-17-8-11-19(12-9-17)35(28,29)33-21-14-18(10-13-20(21)30-2)15-22(34-36(5,6)7)26-24(27)25-16-23(31-3)32-4/h8-14,22-23H,15-16H2,1-7H3,(H2,25,26,27). The lowest BCUT2D eigenvalue weighted by molar-refractivity contribution is -0.0972. The lowest BCUT2D eigenvalue weighted by Gasteiger charge is -2.28. The summed E-state index contributed by atoms with van der Waals surface area (Å²) in [6.45, 7) is 8.02. The summed E-state index contributed by atoms with van der Waals surface area (Å²) in [5.41, 5.74) is 1.61. The van der Waals surface area contributed by atoms with E-state index in [9.17, 15) is 13.2 Å². The quantitative estimate of drug-likeness (QED) is 0.225. The fourth-order valence-electron chi connectivity index (χ4n) is 3.18. The fourth-order valence-corrected chi connectivity index (χ4v) is 5.11. The molecule has 200 valence electrons. The van der Waals surface area contributed by atoms with Gasteiger partial charge in [0.1, 0.15) is 11.1 Å². The molecule has 2 rings (SSSR count). The molecule has 0 saturated carbocycles. The number of nitrogens with one attached hydrogen (secondary N) is 2. The van der Waals surface area contributed by atoms with E-state index < -0.39 is 37.0 Å². The molecular formula is C24H36N2O8SSi. The predicted molar refractivity (Wildman–Crippen MR) is 138 cm³/mol. The van der Waals surface area contributed by atoms with Gasteiger partial charge in [-0.2, -0.15) is 8.42 Å². The summed E-state index contributed by atoms with van der Waals surface area (Å²) in [7, 11) is -1.76. The maximum atomic E-state index is 12.8. The summed E-state index contributed by atoms with van der Waals surface area (Å²) in [5, 5.41) is 5.49. The Bertz CT molecular complexity index is 1100. The fraction of sp³-hybridized carbons (Fsp3) is 0.458. The van der Waals surface area contributed by atoms with Crippen molar-refractivity contribution < 1.29 is 36.0 Å². The van der Waals surface area contributed by atoms with Crippen LogP contribution < -0.4 is 19.6 Å². The van der Waals surface area contributed by atoms with Crippen molar-refractivity contribution in [3.8, 4) is 11.5 Å². The Labute approximate surface area is 214 Å². The van der Waals surface area contributed by atoms with Gasteiger partial charge < -0.3 is 33.5 Å². The zero-order valence-electron chi connectivity index (χ0n) is 21.8. The third-order valence-corrected chi connectivity index (χ3v) is 7.14. The molecule has 0 fully saturated rings. The van der Waals surface area contributed by atoms with Crippen molar-refractivity contribution in [2.75, 3.05) is 27.9 Å². The number of urea groups is 1. The SMILES string of the molecule is COc1ccc(CC(NC(=O)NCC(OC)OC)O[Si](C)(C)C)cc1OS(=O)(=O)c1ccc(C)cc1. The highest BCUT2D eigenvalue weighted by molar-refractivity contribution is 7.87. The second kappa shape index (κ2) is 13.1. The first-order valence-corrected chi connectivity index (χ1v) is 16.1. The largest absolute Gasteiger partial charge is 0.493 e. The summed E-state index contributed by atoms with van der Waals surface area (Å²) in [5.74, 6) is 0.294. The van der Waals surface area contributed by atoms with Crippen LogP contribution in [-0.2, 0) is 30.4 Å². The van der Waals surface area contributed by atoms with Crippen LogP contribution in [0.5, 0.6) is 11.5 Å². The normalized spacial score (nSPS) is 12.8. The highest BCUT2D eigenvalue weighted by atomic mass is 32.2. The Morgan fingerprint density at radius 3 is 2.17 bits per heavy atom. The van der Waals surface area contributed by atoms with E-state index in [1.54, 1.807) is 30.3 Å². The molecule has 0 bridgehead atoms. The molecule has 2 amide bonds. The molecule has 0 heterocycles. The molecule has 0 saturated heterocycles. The number of benzene rings is 2. The summed E-state index contributed by atoms with van der Waals surface area (Å²) >= 11 is 0. The molecule has 36 heavy (non-hydrogen) atoms. The van der Waals surface area contributed by atoms with Crippen molar-refractivity contribution in [3.63, 3.8) is 0 Å².